The maximum absolute atomic E-state index is 11.9. The average Bonchev–Trinajstić information content (AvgIpc) is 3.10. The van der Waals surface area contributed by atoms with E-state index in [0.29, 0.717) is 11.5 Å². The Labute approximate surface area is 171 Å². The van der Waals surface area contributed by atoms with Crippen molar-refractivity contribution in [1.82, 2.24) is 5.43 Å². The minimum atomic E-state index is -0.337. The molecule has 3 aromatic rings. The number of furan rings is 1. The lowest BCUT2D eigenvalue weighted by Gasteiger charge is -2.08. The standard InChI is InChI=1S/C21H19IN2O3/c1-14-3-9-19(15(2)11-14)26-13-21(25)24-23-12-18-8-10-20(27-18)16-4-6-17(22)7-5-16/h3-12H,13H2,1-2H3,(H,24,25)/b23-12-. The minimum Gasteiger partial charge on any atom is -0.483 e. The summed E-state index contributed by atoms with van der Waals surface area (Å²) in [5.41, 5.74) is 5.56. The molecule has 0 atom stereocenters. The summed E-state index contributed by atoms with van der Waals surface area (Å²) in [7, 11) is 0. The molecule has 1 heterocycles. The highest BCUT2D eigenvalue weighted by molar-refractivity contribution is 14.1. The molecular formula is C21H19IN2O3. The Morgan fingerprint density at radius 3 is 2.67 bits per heavy atom. The fourth-order valence-corrected chi connectivity index (χ4v) is 2.86. The monoisotopic (exact) mass is 474 g/mol. The molecule has 5 nitrogen and oxygen atoms in total. The van der Waals surface area contributed by atoms with Crippen molar-refractivity contribution in [2.45, 2.75) is 13.8 Å². The predicted octanol–water partition coefficient (Wildman–Crippen LogP) is 4.70. The number of ether oxygens (including phenoxy) is 1. The van der Waals surface area contributed by atoms with Gasteiger partial charge in [-0.2, -0.15) is 5.10 Å². The third kappa shape index (κ3) is 5.43. The number of halogens is 1. The van der Waals surface area contributed by atoms with Gasteiger partial charge in [0.1, 0.15) is 17.3 Å². The van der Waals surface area contributed by atoms with Crippen LogP contribution in [0.15, 0.2) is 64.1 Å². The second-order valence-electron chi connectivity index (χ2n) is 6.06. The van der Waals surface area contributed by atoms with E-state index in [0.717, 1.165) is 26.0 Å². The Bertz CT molecular complexity index is 962. The van der Waals surface area contributed by atoms with Gasteiger partial charge < -0.3 is 9.15 Å². The van der Waals surface area contributed by atoms with Crippen LogP contribution in [0.25, 0.3) is 11.3 Å². The molecule has 1 N–H and O–H groups in total. The summed E-state index contributed by atoms with van der Waals surface area (Å²) < 4.78 is 12.4. The molecule has 138 valence electrons. The number of hydrogen-bond acceptors (Lipinski definition) is 4. The van der Waals surface area contributed by atoms with Crippen molar-refractivity contribution in [2.75, 3.05) is 6.61 Å². The molecule has 1 aromatic heterocycles. The van der Waals surface area contributed by atoms with E-state index in [9.17, 15) is 4.79 Å². The van der Waals surface area contributed by atoms with Crippen LogP contribution in [0.4, 0.5) is 0 Å². The number of carbonyl (C=O) groups excluding carboxylic acids is 1. The molecule has 0 radical (unpaired) electrons. The van der Waals surface area contributed by atoms with Crippen LogP contribution in [-0.4, -0.2) is 18.7 Å². The Hall–Kier alpha value is -2.61. The van der Waals surface area contributed by atoms with Crippen molar-refractivity contribution < 1.29 is 13.9 Å². The maximum atomic E-state index is 11.9. The summed E-state index contributed by atoms with van der Waals surface area (Å²) in [5, 5.41) is 3.91. The van der Waals surface area contributed by atoms with Gasteiger partial charge in [0.15, 0.2) is 6.61 Å². The Kier molecular flexibility index (Phi) is 6.28. The van der Waals surface area contributed by atoms with E-state index in [2.05, 4.69) is 33.1 Å². The minimum absolute atomic E-state index is 0.104. The van der Waals surface area contributed by atoms with E-state index >= 15 is 0 Å². The number of hydrazone groups is 1. The van der Waals surface area contributed by atoms with Gasteiger partial charge >= 0.3 is 0 Å². The first-order valence-electron chi connectivity index (χ1n) is 8.39. The predicted molar refractivity (Wildman–Crippen MR) is 114 cm³/mol. The van der Waals surface area contributed by atoms with Gasteiger partial charge in [0, 0.05) is 9.13 Å². The van der Waals surface area contributed by atoms with Crippen LogP contribution in [-0.2, 0) is 4.79 Å². The number of carbonyl (C=O) groups is 1. The molecule has 0 saturated carbocycles. The number of aryl methyl sites for hydroxylation is 2. The molecule has 3 rings (SSSR count). The second kappa shape index (κ2) is 8.85. The van der Waals surface area contributed by atoms with Crippen molar-refractivity contribution >= 4 is 34.7 Å². The van der Waals surface area contributed by atoms with Crippen molar-refractivity contribution in [3.63, 3.8) is 0 Å². The first-order valence-corrected chi connectivity index (χ1v) is 9.47. The van der Waals surface area contributed by atoms with Gasteiger partial charge in [-0.25, -0.2) is 5.43 Å². The molecule has 6 heteroatoms. The fraction of sp³-hybridized carbons (Fsp3) is 0.143. The topological polar surface area (TPSA) is 63.8 Å². The quantitative estimate of drug-likeness (QED) is 0.320. The van der Waals surface area contributed by atoms with Gasteiger partial charge in [0.2, 0.25) is 0 Å². The molecule has 27 heavy (non-hydrogen) atoms. The summed E-state index contributed by atoms with van der Waals surface area (Å²) in [6.07, 6.45) is 1.46. The van der Waals surface area contributed by atoms with Crippen LogP contribution < -0.4 is 10.2 Å². The van der Waals surface area contributed by atoms with Crippen LogP contribution in [0.1, 0.15) is 16.9 Å². The number of rotatable bonds is 6. The molecule has 0 saturated heterocycles. The smallest absolute Gasteiger partial charge is 0.277 e. The SMILES string of the molecule is Cc1ccc(OCC(=O)N/N=C\c2ccc(-c3ccc(I)cc3)o2)c(C)c1. The molecule has 0 bridgehead atoms. The van der Waals surface area contributed by atoms with Crippen molar-refractivity contribution in [3.8, 4) is 17.1 Å². The van der Waals surface area contributed by atoms with Crippen molar-refractivity contribution in [3.05, 3.63) is 75.1 Å². The maximum Gasteiger partial charge on any atom is 0.277 e. The Morgan fingerprint density at radius 1 is 1.15 bits per heavy atom. The molecule has 0 spiro atoms. The number of benzene rings is 2. The number of nitrogens with zero attached hydrogens (tertiary/aromatic N) is 1. The van der Waals surface area contributed by atoms with Crippen LogP contribution in [0, 0.1) is 17.4 Å². The molecule has 0 unspecified atom stereocenters. The molecule has 0 aliphatic heterocycles. The van der Waals surface area contributed by atoms with E-state index in [1.807, 2.05) is 62.4 Å². The number of nitrogens with one attached hydrogen (secondary N) is 1. The van der Waals surface area contributed by atoms with E-state index in [1.165, 1.54) is 6.21 Å². The third-order valence-corrected chi connectivity index (χ3v) is 4.54. The first-order chi connectivity index (χ1) is 13.0. The summed E-state index contributed by atoms with van der Waals surface area (Å²) in [6.45, 7) is 3.85. The third-order valence-electron chi connectivity index (χ3n) is 3.83. The molecule has 1 amide bonds. The zero-order chi connectivity index (χ0) is 19.2. The number of hydrogen-bond donors (Lipinski definition) is 1. The summed E-state index contributed by atoms with van der Waals surface area (Å²) >= 11 is 2.26. The van der Waals surface area contributed by atoms with Gasteiger partial charge in [0.25, 0.3) is 5.91 Å². The van der Waals surface area contributed by atoms with E-state index in [4.69, 9.17) is 9.15 Å². The van der Waals surface area contributed by atoms with E-state index < -0.39 is 0 Å². The highest BCUT2D eigenvalue weighted by atomic mass is 127. The van der Waals surface area contributed by atoms with Gasteiger partial charge in [-0.1, -0.05) is 29.8 Å². The molecule has 0 aliphatic carbocycles. The summed E-state index contributed by atoms with van der Waals surface area (Å²) in [5.74, 6) is 1.65. The lowest BCUT2D eigenvalue weighted by Crippen LogP contribution is -2.24. The lowest BCUT2D eigenvalue weighted by molar-refractivity contribution is -0.123. The van der Waals surface area contributed by atoms with E-state index in [1.54, 1.807) is 6.07 Å². The highest BCUT2D eigenvalue weighted by Crippen LogP contribution is 2.22. The molecule has 0 aliphatic rings. The molecular weight excluding hydrogens is 455 g/mol. The van der Waals surface area contributed by atoms with Crippen molar-refractivity contribution in [1.29, 1.82) is 0 Å². The zero-order valence-electron chi connectivity index (χ0n) is 15.0. The highest BCUT2D eigenvalue weighted by Gasteiger charge is 2.05. The Morgan fingerprint density at radius 2 is 1.93 bits per heavy atom. The van der Waals surface area contributed by atoms with Gasteiger partial charge in [-0.3, -0.25) is 4.79 Å². The Balaban J connectivity index is 1.51. The van der Waals surface area contributed by atoms with Crippen molar-refractivity contribution in [2.24, 2.45) is 5.10 Å². The van der Waals surface area contributed by atoms with Gasteiger partial charge in [0.05, 0.1) is 6.21 Å². The zero-order valence-corrected chi connectivity index (χ0v) is 17.2. The average molecular weight is 474 g/mol. The number of amides is 1. The van der Waals surface area contributed by atoms with Gasteiger partial charge in [-0.15, -0.1) is 0 Å². The fourth-order valence-electron chi connectivity index (χ4n) is 2.50. The van der Waals surface area contributed by atoms with Crippen LogP contribution in [0.2, 0.25) is 0 Å². The lowest BCUT2D eigenvalue weighted by atomic mass is 10.1. The summed E-state index contributed by atoms with van der Waals surface area (Å²) in [6, 6.07) is 17.5. The van der Waals surface area contributed by atoms with Gasteiger partial charge in [-0.05, 0) is 72.3 Å². The van der Waals surface area contributed by atoms with Crippen LogP contribution in [0.5, 0.6) is 5.75 Å². The normalized spacial score (nSPS) is 10.9. The second-order valence-corrected chi connectivity index (χ2v) is 7.31. The van der Waals surface area contributed by atoms with Crippen LogP contribution >= 0.6 is 22.6 Å². The van der Waals surface area contributed by atoms with Crippen LogP contribution in [0.3, 0.4) is 0 Å². The largest absolute Gasteiger partial charge is 0.483 e. The molecule has 0 fully saturated rings. The molecule has 2 aromatic carbocycles. The summed E-state index contributed by atoms with van der Waals surface area (Å²) in [4.78, 5) is 11.9. The van der Waals surface area contributed by atoms with E-state index in [-0.39, 0.29) is 12.5 Å². The first kappa shape index (κ1) is 19.2.